The summed E-state index contributed by atoms with van der Waals surface area (Å²) < 4.78 is 34.9. The topological polar surface area (TPSA) is 88.9 Å². The Kier molecular flexibility index (Phi) is 4.24. The molecule has 0 saturated carbocycles. The zero-order valence-corrected chi connectivity index (χ0v) is 15.2. The maximum atomic E-state index is 12.9. The normalized spacial score (nSPS) is 24.3. The van der Waals surface area contributed by atoms with Gasteiger partial charge in [-0.25, -0.2) is 8.42 Å². The third-order valence-electron chi connectivity index (χ3n) is 4.91. The van der Waals surface area contributed by atoms with Gasteiger partial charge in [-0.1, -0.05) is 12.1 Å². The molecule has 2 atom stereocenters. The van der Waals surface area contributed by atoms with Crippen LogP contribution in [0.25, 0.3) is 11.3 Å². The fourth-order valence-corrected chi connectivity index (χ4v) is 5.60. The summed E-state index contributed by atoms with van der Waals surface area (Å²) in [5.74, 6) is 1.29. The Morgan fingerprint density at radius 1 is 1.27 bits per heavy atom. The summed E-state index contributed by atoms with van der Waals surface area (Å²) in [6.45, 7) is 1.04. The van der Waals surface area contributed by atoms with Crippen molar-refractivity contribution in [3.63, 3.8) is 0 Å². The van der Waals surface area contributed by atoms with Crippen LogP contribution in [0.1, 0.15) is 10.6 Å². The van der Waals surface area contributed by atoms with E-state index in [0.717, 1.165) is 5.56 Å². The Morgan fingerprint density at radius 2 is 2.12 bits per heavy atom. The molecule has 4 rings (SSSR count). The van der Waals surface area contributed by atoms with Gasteiger partial charge in [0.2, 0.25) is 0 Å². The number of amides is 1. The van der Waals surface area contributed by atoms with E-state index in [2.05, 4.69) is 5.32 Å². The molecule has 2 saturated heterocycles. The summed E-state index contributed by atoms with van der Waals surface area (Å²) in [5.41, 5.74) is 0.810. The molecule has 2 aliphatic rings. The zero-order valence-electron chi connectivity index (χ0n) is 14.3. The van der Waals surface area contributed by atoms with E-state index in [1.807, 2.05) is 24.3 Å². The molecule has 1 aromatic carbocycles. The molecule has 7 nitrogen and oxygen atoms in total. The lowest BCUT2D eigenvalue weighted by Crippen LogP contribution is -2.59. The van der Waals surface area contributed by atoms with E-state index in [4.69, 9.17) is 9.15 Å². The smallest absolute Gasteiger partial charge is 0.289 e. The van der Waals surface area contributed by atoms with Gasteiger partial charge in [0.25, 0.3) is 5.91 Å². The van der Waals surface area contributed by atoms with Crippen LogP contribution in [0.4, 0.5) is 0 Å². The number of fused-ring (bicyclic) bond motifs is 1. The standard InChI is InChI=1S/C18H20N2O5S/c1-24-13-4-2-3-12(9-13)16-5-6-17(25-16)18(21)20-8-7-19-14-10-26(22,23)11-15(14)20/h2-6,9,14-15,19H,7-8,10-11H2,1H3/t14-,15+/m1/s1. The summed E-state index contributed by atoms with van der Waals surface area (Å²) in [5, 5.41) is 3.20. The number of piperazine rings is 1. The third-order valence-corrected chi connectivity index (χ3v) is 6.63. The lowest BCUT2D eigenvalue weighted by Gasteiger charge is -2.36. The molecular formula is C18H20N2O5S. The van der Waals surface area contributed by atoms with Crippen molar-refractivity contribution >= 4 is 15.7 Å². The second-order valence-electron chi connectivity index (χ2n) is 6.60. The van der Waals surface area contributed by atoms with E-state index in [-0.39, 0.29) is 35.3 Å². The third kappa shape index (κ3) is 3.10. The van der Waals surface area contributed by atoms with Crippen LogP contribution >= 0.6 is 0 Å². The lowest BCUT2D eigenvalue weighted by molar-refractivity contribution is 0.0590. The number of furan rings is 1. The van der Waals surface area contributed by atoms with Gasteiger partial charge < -0.3 is 19.4 Å². The summed E-state index contributed by atoms with van der Waals surface area (Å²) in [6, 6.07) is 10.2. The minimum atomic E-state index is -3.12. The first-order chi connectivity index (χ1) is 12.5. The fourth-order valence-electron chi connectivity index (χ4n) is 3.65. The van der Waals surface area contributed by atoms with E-state index < -0.39 is 9.84 Å². The Bertz CT molecular complexity index is 937. The molecule has 3 heterocycles. The number of benzene rings is 1. The number of nitrogens with one attached hydrogen (secondary N) is 1. The van der Waals surface area contributed by atoms with Crippen molar-refractivity contribution in [2.75, 3.05) is 31.7 Å². The molecule has 1 aromatic heterocycles. The van der Waals surface area contributed by atoms with Gasteiger partial charge in [0.1, 0.15) is 11.5 Å². The van der Waals surface area contributed by atoms with Crippen LogP contribution in [-0.4, -0.2) is 63.0 Å². The number of carbonyl (C=O) groups excluding carboxylic acids is 1. The Hall–Kier alpha value is -2.32. The highest BCUT2D eigenvalue weighted by Gasteiger charge is 2.45. The molecule has 2 aliphatic heterocycles. The summed E-state index contributed by atoms with van der Waals surface area (Å²) in [7, 11) is -1.53. The number of sulfone groups is 1. The van der Waals surface area contributed by atoms with E-state index >= 15 is 0 Å². The van der Waals surface area contributed by atoms with Gasteiger partial charge in [0.05, 0.1) is 24.7 Å². The van der Waals surface area contributed by atoms with Crippen molar-refractivity contribution in [2.45, 2.75) is 12.1 Å². The van der Waals surface area contributed by atoms with E-state index in [0.29, 0.717) is 24.6 Å². The Labute approximate surface area is 151 Å². The number of carbonyl (C=O) groups is 1. The van der Waals surface area contributed by atoms with Crippen molar-refractivity contribution < 1.29 is 22.4 Å². The molecule has 0 bridgehead atoms. The number of hydrogen-bond donors (Lipinski definition) is 1. The predicted molar refractivity (Wildman–Crippen MR) is 96.0 cm³/mol. The molecule has 0 radical (unpaired) electrons. The highest BCUT2D eigenvalue weighted by atomic mass is 32.2. The second-order valence-corrected chi connectivity index (χ2v) is 8.75. The van der Waals surface area contributed by atoms with Gasteiger partial charge in [-0.3, -0.25) is 4.79 Å². The number of nitrogens with zero attached hydrogens (tertiary/aromatic N) is 1. The molecular weight excluding hydrogens is 356 g/mol. The van der Waals surface area contributed by atoms with Crippen LogP contribution in [0.2, 0.25) is 0 Å². The molecule has 8 heteroatoms. The average Bonchev–Trinajstić information content (AvgIpc) is 3.23. The summed E-state index contributed by atoms with van der Waals surface area (Å²) in [6.07, 6.45) is 0. The van der Waals surface area contributed by atoms with Crippen LogP contribution in [0, 0.1) is 0 Å². The van der Waals surface area contributed by atoms with Crippen LogP contribution in [-0.2, 0) is 9.84 Å². The number of ether oxygens (including phenoxy) is 1. The van der Waals surface area contributed by atoms with E-state index in [9.17, 15) is 13.2 Å². The Balaban J connectivity index is 1.58. The van der Waals surface area contributed by atoms with Crippen molar-refractivity contribution in [1.82, 2.24) is 10.2 Å². The quantitative estimate of drug-likeness (QED) is 0.865. The number of rotatable bonds is 3. The average molecular weight is 376 g/mol. The van der Waals surface area contributed by atoms with Crippen molar-refractivity contribution in [2.24, 2.45) is 0 Å². The highest BCUT2D eigenvalue weighted by Crippen LogP contribution is 2.28. The minimum Gasteiger partial charge on any atom is -0.497 e. The minimum absolute atomic E-state index is 0.000142. The summed E-state index contributed by atoms with van der Waals surface area (Å²) in [4.78, 5) is 14.5. The fraction of sp³-hybridized carbons (Fsp3) is 0.389. The van der Waals surface area contributed by atoms with Crippen molar-refractivity contribution in [1.29, 1.82) is 0 Å². The van der Waals surface area contributed by atoms with Crippen LogP contribution in [0.3, 0.4) is 0 Å². The van der Waals surface area contributed by atoms with Crippen molar-refractivity contribution in [3.8, 4) is 17.1 Å². The molecule has 0 unspecified atom stereocenters. The molecule has 2 fully saturated rings. The molecule has 0 aliphatic carbocycles. The largest absolute Gasteiger partial charge is 0.497 e. The van der Waals surface area contributed by atoms with Gasteiger partial charge in [-0.15, -0.1) is 0 Å². The predicted octanol–water partition coefficient (Wildman–Crippen LogP) is 1.17. The molecule has 138 valence electrons. The van der Waals surface area contributed by atoms with Gasteiger partial charge in [0, 0.05) is 24.7 Å². The maximum absolute atomic E-state index is 12.9. The molecule has 2 aromatic rings. The van der Waals surface area contributed by atoms with Crippen molar-refractivity contribution in [3.05, 3.63) is 42.2 Å². The van der Waals surface area contributed by atoms with Gasteiger partial charge in [-0.05, 0) is 24.3 Å². The molecule has 1 N–H and O–H groups in total. The van der Waals surface area contributed by atoms with E-state index in [1.165, 1.54) is 0 Å². The van der Waals surface area contributed by atoms with Crippen LogP contribution in [0.5, 0.6) is 5.75 Å². The van der Waals surface area contributed by atoms with E-state index in [1.54, 1.807) is 24.1 Å². The lowest BCUT2D eigenvalue weighted by atomic mass is 10.1. The highest BCUT2D eigenvalue weighted by molar-refractivity contribution is 7.91. The zero-order chi connectivity index (χ0) is 18.3. The first-order valence-electron chi connectivity index (χ1n) is 8.46. The SMILES string of the molecule is COc1cccc(-c2ccc(C(=O)N3CCN[C@@H]4CS(=O)(=O)C[C@@H]43)o2)c1. The van der Waals surface area contributed by atoms with Crippen LogP contribution in [0.15, 0.2) is 40.8 Å². The van der Waals surface area contributed by atoms with Gasteiger partial charge in [-0.2, -0.15) is 0 Å². The van der Waals surface area contributed by atoms with Crippen LogP contribution < -0.4 is 10.1 Å². The number of methoxy groups -OCH3 is 1. The maximum Gasteiger partial charge on any atom is 0.289 e. The molecule has 1 amide bonds. The Morgan fingerprint density at radius 3 is 2.92 bits per heavy atom. The molecule has 0 spiro atoms. The monoisotopic (exact) mass is 376 g/mol. The second kappa shape index (κ2) is 6.44. The van der Waals surface area contributed by atoms with Gasteiger partial charge in [0.15, 0.2) is 15.6 Å². The van der Waals surface area contributed by atoms with Gasteiger partial charge >= 0.3 is 0 Å². The number of hydrogen-bond acceptors (Lipinski definition) is 6. The molecule has 26 heavy (non-hydrogen) atoms. The first kappa shape index (κ1) is 17.1. The first-order valence-corrected chi connectivity index (χ1v) is 10.3. The summed E-state index contributed by atoms with van der Waals surface area (Å²) >= 11 is 0.